The number of amides is 1. The normalized spacial score (nSPS) is 18.6. The molecule has 2 aliphatic rings. The van der Waals surface area contributed by atoms with E-state index in [4.69, 9.17) is 18.6 Å². The van der Waals surface area contributed by atoms with Crippen molar-refractivity contribution in [2.45, 2.75) is 51.0 Å². The molecule has 4 aromatic rings. The molecule has 13 heteroatoms. The molecule has 1 amide bonds. The Morgan fingerprint density at radius 3 is 2.71 bits per heavy atom. The molecule has 2 atom stereocenters. The third-order valence-corrected chi connectivity index (χ3v) is 8.92. The largest absolute Gasteiger partial charge is 0.496 e. The van der Waals surface area contributed by atoms with E-state index in [0.29, 0.717) is 76.9 Å². The van der Waals surface area contributed by atoms with Crippen molar-refractivity contribution in [2.24, 2.45) is 0 Å². The lowest BCUT2D eigenvalue weighted by atomic mass is 10.1. The van der Waals surface area contributed by atoms with Crippen LogP contribution in [0.1, 0.15) is 42.5 Å². The SMILES string of the molecule is COc1ccc(F)cc1C(Cn1c(=O)n(C2CCNC2=O)c(=O)c2c(C)c(-c3ncco3)sc21)OC1CCOCC1. The number of thiophene rings is 1. The summed E-state index contributed by atoms with van der Waals surface area (Å²) < 4.78 is 40.1. The number of rotatable bonds is 8. The first kappa shape index (κ1) is 27.4. The Morgan fingerprint density at radius 2 is 2.02 bits per heavy atom. The fourth-order valence-corrected chi connectivity index (χ4v) is 6.79. The molecule has 2 aliphatic heterocycles. The lowest BCUT2D eigenvalue weighted by Gasteiger charge is -2.29. The number of ether oxygens (including phenoxy) is 3. The molecule has 216 valence electrons. The van der Waals surface area contributed by atoms with Gasteiger partial charge in [-0.25, -0.2) is 18.7 Å². The molecule has 3 aromatic heterocycles. The number of aromatic nitrogens is 3. The highest BCUT2D eigenvalue weighted by Crippen LogP contribution is 2.38. The van der Waals surface area contributed by atoms with Crippen LogP contribution in [0.4, 0.5) is 4.39 Å². The van der Waals surface area contributed by atoms with Gasteiger partial charge < -0.3 is 23.9 Å². The number of benzene rings is 1. The molecule has 41 heavy (non-hydrogen) atoms. The third kappa shape index (κ3) is 4.98. The van der Waals surface area contributed by atoms with Gasteiger partial charge in [-0.2, -0.15) is 0 Å². The summed E-state index contributed by atoms with van der Waals surface area (Å²) in [5.74, 6) is -0.157. The van der Waals surface area contributed by atoms with Gasteiger partial charge in [-0.15, -0.1) is 11.3 Å². The molecule has 0 radical (unpaired) electrons. The minimum Gasteiger partial charge on any atom is -0.496 e. The molecule has 1 N–H and O–H groups in total. The molecule has 1 aromatic carbocycles. The molecule has 2 fully saturated rings. The van der Waals surface area contributed by atoms with Crippen molar-refractivity contribution < 1.29 is 27.8 Å². The zero-order valence-electron chi connectivity index (χ0n) is 22.6. The smallest absolute Gasteiger partial charge is 0.332 e. The Bertz CT molecular complexity index is 1700. The molecule has 0 aliphatic carbocycles. The number of halogens is 1. The first-order chi connectivity index (χ1) is 19.9. The van der Waals surface area contributed by atoms with Gasteiger partial charge in [-0.3, -0.25) is 14.2 Å². The molecule has 5 heterocycles. The standard InChI is InChI=1S/C28H29FN4O7S/c1-15-22-26(35)33(19-5-8-30-24(19)34)28(36)32(27(22)41-23(15)25-31-9-12-39-25)14-21(40-17-6-10-38-11-7-17)18-13-16(29)3-4-20(18)37-2/h3-4,9,12-13,17,19,21H,5-8,10-11,14H2,1-2H3,(H,30,34). The van der Waals surface area contributed by atoms with Crippen LogP contribution in [0.25, 0.3) is 21.0 Å². The number of aryl methyl sites for hydroxylation is 1. The van der Waals surface area contributed by atoms with Crippen LogP contribution >= 0.6 is 11.3 Å². The molecule has 2 unspecified atom stereocenters. The van der Waals surface area contributed by atoms with Crippen LogP contribution in [-0.2, 0) is 20.8 Å². The van der Waals surface area contributed by atoms with E-state index in [1.807, 2.05) is 0 Å². The predicted octanol–water partition coefficient (Wildman–Crippen LogP) is 3.33. The van der Waals surface area contributed by atoms with E-state index in [-0.39, 0.29) is 12.6 Å². The number of hydrogen-bond acceptors (Lipinski definition) is 9. The van der Waals surface area contributed by atoms with Crippen molar-refractivity contribution in [1.29, 1.82) is 0 Å². The summed E-state index contributed by atoms with van der Waals surface area (Å²) >= 11 is 1.20. The Kier molecular flexibility index (Phi) is 7.49. The monoisotopic (exact) mass is 584 g/mol. The summed E-state index contributed by atoms with van der Waals surface area (Å²) in [7, 11) is 1.48. The molecule has 0 bridgehead atoms. The third-order valence-electron chi connectivity index (χ3n) is 7.61. The molecular weight excluding hydrogens is 555 g/mol. The van der Waals surface area contributed by atoms with Gasteiger partial charge in [0.2, 0.25) is 11.8 Å². The van der Waals surface area contributed by atoms with E-state index >= 15 is 0 Å². The molecular formula is C28H29FN4O7S. The fraction of sp³-hybridized carbons (Fsp3) is 0.429. The number of carbonyl (C=O) groups is 1. The van der Waals surface area contributed by atoms with E-state index in [9.17, 15) is 18.8 Å². The van der Waals surface area contributed by atoms with Gasteiger partial charge in [-0.1, -0.05) is 0 Å². The molecule has 11 nitrogen and oxygen atoms in total. The van der Waals surface area contributed by atoms with Gasteiger partial charge in [0.1, 0.15) is 34.8 Å². The Hall–Kier alpha value is -3.81. The fourth-order valence-electron chi connectivity index (χ4n) is 5.55. The number of oxazole rings is 1. The Morgan fingerprint density at radius 1 is 1.22 bits per heavy atom. The summed E-state index contributed by atoms with van der Waals surface area (Å²) in [4.78, 5) is 45.9. The number of fused-ring (bicyclic) bond motifs is 1. The van der Waals surface area contributed by atoms with Gasteiger partial charge in [0.25, 0.3) is 5.56 Å². The van der Waals surface area contributed by atoms with Gasteiger partial charge in [0.15, 0.2) is 0 Å². The Balaban J connectivity index is 1.57. The van der Waals surface area contributed by atoms with Crippen LogP contribution < -0.4 is 21.3 Å². The quantitative estimate of drug-likeness (QED) is 0.334. The molecule has 0 saturated carbocycles. The summed E-state index contributed by atoms with van der Waals surface area (Å²) in [6, 6.07) is 3.20. The van der Waals surface area contributed by atoms with E-state index in [0.717, 1.165) is 4.57 Å². The minimum absolute atomic E-state index is 0.0634. The van der Waals surface area contributed by atoms with E-state index < -0.39 is 35.1 Å². The van der Waals surface area contributed by atoms with Crippen LogP contribution in [0, 0.1) is 12.7 Å². The zero-order chi connectivity index (χ0) is 28.7. The topological polar surface area (TPSA) is 127 Å². The number of carbonyl (C=O) groups excluding carboxylic acids is 1. The summed E-state index contributed by atoms with van der Waals surface area (Å²) in [6.07, 6.45) is 3.48. The number of nitrogens with one attached hydrogen (secondary N) is 1. The maximum absolute atomic E-state index is 14.6. The van der Waals surface area contributed by atoms with E-state index in [1.165, 1.54) is 53.7 Å². The van der Waals surface area contributed by atoms with Crippen molar-refractivity contribution in [1.82, 2.24) is 19.4 Å². The van der Waals surface area contributed by atoms with Crippen LogP contribution in [0.2, 0.25) is 0 Å². The second-order valence-electron chi connectivity index (χ2n) is 10.1. The van der Waals surface area contributed by atoms with E-state index in [2.05, 4.69) is 10.3 Å². The summed E-state index contributed by atoms with van der Waals surface area (Å²) in [5, 5.41) is 3.00. The summed E-state index contributed by atoms with van der Waals surface area (Å²) in [5.41, 5.74) is -0.194. The van der Waals surface area contributed by atoms with Gasteiger partial charge >= 0.3 is 5.69 Å². The van der Waals surface area contributed by atoms with Gasteiger partial charge in [0.05, 0.1) is 36.2 Å². The van der Waals surface area contributed by atoms with Crippen LogP contribution in [0.3, 0.4) is 0 Å². The van der Waals surface area contributed by atoms with Gasteiger partial charge in [-0.05, 0) is 49.9 Å². The van der Waals surface area contributed by atoms with Crippen molar-refractivity contribution in [3.63, 3.8) is 0 Å². The first-order valence-electron chi connectivity index (χ1n) is 13.4. The minimum atomic E-state index is -0.950. The average molecular weight is 585 g/mol. The number of hydrogen-bond donors (Lipinski definition) is 1. The highest BCUT2D eigenvalue weighted by atomic mass is 32.1. The second kappa shape index (κ2) is 11.2. The van der Waals surface area contributed by atoms with Gasteiger partial charge in [0, 0.05) is 25.3 Å². The zero-order valence-corrected chi connectivity index (χ0v) is 23.4. The molecule has 2 saturated heterocycles. The number of nitrogens with zero attached hydrogens (tertiary/aromatic N) is 3. The van der Waals surface area contributed by atoms with Crippen LogP contribution in [0.15, 0.2) is 44.7 Å². The van der Waals surface area contributed by atoms with Crippen LogP contribution in [-0.4, -0.2) is 53.0 Å². The van der Waals surface area contributed by atoms with Crippen molar-refractivity contribution in [2.75, 3.05) is 26.9 Å². The predicted molar refractivity (Wildman–Crippen MR) is 148 cm³/mol. The highest BCUT2D eigenvalue weighted by Gasteiger charge is 2.33. The Labute approximate surface area is 237 Å². The lowest BCUT2D eigenvalue weighted by Crippen LogP contribution is -2.44. The first-order valence-corrected chi connectivity index (χ1v) is 14.2. The maximum Gasteiger partial charge on any atom is 0.332 e. The summed E-state index contributed by atoms with van der Waals surface area (Å²) in [6.45, 7) is 3.10. The number of methoxy groups -OCH3 is 1. The second-order valence-corrected chi connectivity index (χ2v) is 11.1. The van der Waals surface area contributed by atoms with Crippen molar-refractivity contribution >= 4 is 27.5 Å². The van der Waals surface area contributed by atoms with Crippen LogP contribution in [0.5, 0.6) is 5.75 Å². The van der Waals surface area contributed by atoms with E-state index in [1.54, 1.807) is 6.92 Å². The highest BCUT2D eigenvalue weighted by molar-refractivity contribution is 7.22. The molecule has 0 spiro atoms. The maximum atomic E-state index is 14.6. The van der Waals surface area contributed by atoms with Crippen molar-refractivity contribution in [3.05, 3.63) is 68.4 Å². The molecule has 6 rings (SSSR count). The van der Waals surface area contributed by atoms with Crippen molar-refractivity contribution in [3.8, 4) is 16.5 Å². The lowest BCUT2D eigenvalue weighted by molar-refractivity contribution is -0.122. The average Bonchev–Trinajstić information content (AvgIpc) is 3.72.